The molecular formula is C17H15BrFNO4. The fourth-order valence-electron chi connectivity index (χ4n) is 1.96. The topological polar surface area (TPSA) is 75.6 Å². The van der Waals surface area contributed by atoms with Gasteiger partial charge >= 0.3 is 5.97 Å². The lowest BCUT2D eigenvalue weighted by Gasteiger charge is -2.12. The molecule has 24 heavy (non-hydrogen) atoms. The molecule has 126 valence electrons. The predicted octanol–water partition coefficient (Wildman–Crippen LogP) is 4.21. The summed E-state index contributed by atoms with van der Waals surface area (Å²) in [5, 5.41) is 11.8. The summed E-state index contributed by atoms with van der Waals surface area (Å²) in [6.45, 7) is 1.78. The number of hydrogen-bond donors (Lipinski definition) is 2. The SMILES string of the molecule is CCC(=O)Nc1ccc(COc2ccc(F)cc2Br)cc1C(=O)O. The van der Waals surface area contributed by atoms with Crippen LogP contribution in [0.1, 0.15) is 29.3 Å². The van der Waals surface area contributed by atoms with Gasteiger partial charge in [0, 0.05) is 6.42 Å². The third kappa shape index (κ3) is 4.55. The normalized spacial score (nSPS) is 10.3. The van der Waals surface area contributed by atoms with Gasteiger partial charge in [0.05, 0.1) is 15.7 Å². The number of carbonyl (C=O) groups is 2. The van der Waals surface area contributed by atoms with Crippen LogP contribution in [-0.2, 0) is 11.4 Å². The second-order valence-corrected chi connectivity index (χ2v) is 5.80. The summed E-state index contributed by atoms with van der Waals surface area (Å²) in [6, 6.07) is 8.65. The van der Waals surface area contributed by atoms with Crippen molar-refractivity contribution in [3.63, 3.8) is 0 Å². The van der Waals surface area contributed by atoms with Crippen LogP contribution >= 0.6 is 15.9 Å². The van der Waals surface area contributed by atoms with Crippen LogP contribution in [0.25, 0.3) is 0 Å². The molecule has 0 saturated heterocycles. The van der Waals surface area contributed by atoms with E-state index in [0.29, 0.717) is 15.8 Å². The van der Waals surface area contributed by atoms with Gasteiger partial charge in [-0.1, -0.05) is 13.0 Å². The average molecular weight is 396 g/mol. The number of amides is 1. The number of carboxylic acids is 1. The summed E-state index contributed by atoms with van der Waals surface area (Å²) in [5.74, 6) is -1.36. The lowest BCUT2D eigenvalue weighted by atomic mass is 10.1. The van der Waals surface area contributed by atoms with E-state index >= 15 is 0 Å². The van der Waals surface area contributed by atoms with Crippen LogP contribution in [0.2, 0.25) is 0 Å². The maximum atomic E-state index is 13.0. The minimum absolute atomic E-state index is 0.0175. The quantitative estimate of drug-likeness (QED) is 0.767. The number of halogens is 2. The Morgan fingerprint density at radius 2 is 2.00 bits per heavy atom. The van der Waals surface area contributed by atoms with Gasteiger partial charge in [0.25, 0.3) is 0 Å². The Bertz CT molecular complexity index is 779. The number of hydrogen-bond acceptors (Lipinski definition) is 3. The number of carbonyl (C=O) groups excluding carboxylic acids is 1. The van der Waals surface area contributed by atoms with Gasteiger partial charge in [0.2, 0.25) is 5.91 Å². The van der Waals surface area contributed by atoms with Crippen LogP contribution in [0.15, 0.2) is 40.9 Å². The van der Waals surface area contributed by atoms with Crippen LogP contribution in [0, 0.1) is 5.82 Å². The Labute approximate surface area is 146 Å². The molecule has 0 heterocycles. The highest BCUT2D eigenvalue weighted by atomic mass is 79.9. The van der Waals surface area contributed by atoms with Crippen molar-refractivity contribution in [3.05, 3.63) is 57.8 Å². The molecule has 0 saturated carbocycles. The molecule has 2 aromatic rings. The molecule has 2 N–H and O–H groups in total. The molecule has 0 aliphatic rings. The maximum Gasteiger partial charge on any atom is 0.337 e. The van der Waals surface area contributed by atoms with Gasteiger partial charge in [-0.2, -0.15) is 0 Å². The van der Waals surface area contributed by atoms with E-state index in [9.17, 15) is 19.1 Å². The van der Waals surface area contributed by atoms with Crippen LogP contribution in [0.5, 0.6) is 5.75 Å². The average Bonchev–Trinajstić information content (AvgIpc) is 2.54. The zero-order valence-corrected chi connectivity index (χ0v) is 14.4. The molecule has 2 rings (SSSR count). The lowest BCUT2D eigenvalue weighted by Crippen LogP contribution is -2.13. The van der Waals surface area contributed by atoms with E-state index < -0.39 is 11.8 Å². The molecule has 5 nitrogen and oxygen atoms in total. The Balaban J connectivity index is 2.17. The van der Waals surface area contributed by atoms with Crippen LogP contribution in [-0.4, -0.2) is 17.0 Å². The third-order valence-corrected chi connectivity index (χ3v) is 3.82. The minimum Gasteiger partial charge on any atom is -0.488 e. The first-order chi connectivity index (χ1) is 11.4. The molecule has 0 aromatic heterocycles. The highest BCUT2D eigenvalue weighted by Crippen LogP contribution is 2.27. The molecule has 2 aromatic carbocycles. The fraction of sp³-hybridized carbons (Fsp3) is 0.176. The van der Waals surface area contributed by atoms with Gasteiger partial charge in [-0.15, -0.1) is 0 Å². The van der Waals surface area contributed by atoms with E-state index in [4.69, 9.17) is 4.74 Å². The number of rotatable bonds is 6. The second-order valence-electron chi connectivity index (χ2n) is 4.95. The number of aromatic carboxylic acids is 1. The number of carboxylic acid groups (broad SMARTS) is 1. The van der Waals surface area contributed by atoms with Crippen LogP contribution in [0.4, 0.5) is 10.1 Å². The van der Waals surface area contributed by atoms with E-state index in [-0.39, 0.29) is 30.2 Å². The molecule has 0 fully saturated rings. The van der Waals surface area contributed by atoms with E-state index in [1.807, 2.05) is 0 Å². The summed E-state index contributed by atoms with van der Waals surface area (Å²) < 4.78 is 19.1. The van der Waals surface area contributed by atoms with Crippen molar-refractivity contribution >= 4 is 33.5 Å². The van der Waals surface area contributed by atoms with Crippen molar-refractivity contribution in [2.75, 3.05) is 5.32 Å². The monoisotopic (exact) mass is 395 g/mol. The first-order valence-electron chi connectivity index (χ1n) is 7.14. The maximum absolute atomic E-state index is 13.0. The molecule has 7 heteroatoms. The summed E-state index contributed by atoms with van der Waals surface area (Å²) in [6.07, 6.45) is 0.252. The van der Waals surface area contributed by atoms with E-state index in [2.05, 4.69) is 21.2 Å². The van der Waals surface area contributed by atoms with Crippen molar-refractivity contribution in [3.8, 4) is 5.75 Å². The van der Waals surface area contributed by atoms with E-state index in [1.165, 1.54) is 30.3 Å². The van der Waals surface area contributed by atoms with Gasteiger partial charge in [-0.3, -0.25) is 4.79 Å². The summed E-state index contributed by atoms with van der Waals surface area (Å²) in [7, 11) is 0. The van der Waals surface area contributed by atoms with Crippen molar-refractivity contribution < 1.29 is 23.8 Å². The summed E-state index contributed by atoms with van der Waals surface area (Å²) in [4.78, 5) is 22.8. The first kappa shape index (κ1) is 17.9. The molecule has 0 unspecified atom stereocenters. The zero-order valence-electron chi connectivity index (χ0n) is 12.8. The van der Waals surface area contributed by atoms with Crippen molar-refractivity contribution in [1.29, 1.82) is 0 Å². The zero-order chi connectivity index (χ0) is 17.7. The van der Waals surface area contributed by atoms with Crippen molar-refractivity contribution in [1.82, 2.24) is 0 Å². The molecule has 0 spiro atoms. The summed E-state index contributed by atoms with van der Waals surface area (Å²) >= 11 is 3.20. The molecule has 0 aliphatic carbocycles. The molecule has 0 bridgehead atoms. The molecular weight excluding hydrogens is 381 g/mol. The smallest absolute Gasteiger partial charge is 0.337 e. The highest BCUT2D eigenvalue weighted by molar-refractivity contribution is 9.10. The first-order valence-corrected chi connectivity index (χ1v) is 7.94. The molecule has 0 atom stereocenters. The predicted molar refractivity (Wildman–Crippen MR) is 90.8 cm³/mol. The third-order valence-electron chi connectivity index (χ3n) is 3.20. The van der Waals surface area contributed by atoms with Crippen molar-refractivity contribution in [2.24, 2.45) is 0 Å². The van der Waals surface area contributed by atoms with Crippen LogP contribution < -0.4 is 10.1 Å². The molecule has 0 aliphatic heterocycles. The summed E-state index contributed by atoms with van der Waals surface area (Å²) in [5.41, 5.74) is 0.829. The lowest BCUT2D eigenvalue weighted by molar-refractivity contribution is -0.115. The van der Waals surface area contributed by atoms with Gasteiger partial charge in [0.15, 0.2) is 0 Å². The Morgan fingerprint density at radius 3 is 2.62 bits per heavy atom. The van der Waals surface area contributed by atoms with Gasteiger partial charge in [0.1, 0.15) is 18.2 Å². The van der Waals surface area contributed by atoms with E-state index in [1.54, 1.807) is 13.0 Å². The molecule has 0 radical (unpaired) electrons. The largest absolute Gasteiger partial charge is 0.488 e. The Hall–Kier alpha value is -2.41. The van der Waals surface area contributed by atoms with Gasteiger partial charge in [-0.05, 0) is 51.8 Å². The van der Waals surface area contributed by atoms with Gasteiger partial charge in [-0.25, -0.2) is 9.18 Å². The number of anilines is 1. The highest BCUT2D eigenvalue weighted by Gasteiger charge is 2.13. The number of benzene rings is 2. The Kier molecular flexibility index (Phi) is 5.92. The second kappa shape index (κ2) is 7.92. The standard InChI is InChI=1S/C17H15BrFNO4/c1-2-16(21)20-14-5-3-10(7-12(14)17(22)23)9-24-15-6-4-11(19)8-13(15)18/h3-8H,2,9H2,1H3,(H,20,21)(H,22,23). The fourth-order valence-corrected chi connectivity index (χ4v) is 2.42. The van der Waals surface area contributed by atoms with Crippen molar-refractivity contribution in [2.45, 2.75) is 20.0 Å². The van der Waals surface area contributed by atoms with Gasteiger partial charge < -0.3 is 15.2 Å². The van der Waals surface area contributed by atoms with Crippen LogP contribution in [0.3, 0.4) is 0 Å². The molecule has 1 amide bonds. The van der Waals surface area contributed by atoms with E-state index in [0.717, 1.165) is 0 Å². The number of nitrogens with one attached hydrogen (secondary N) is 1. The Morgan fingerprint density at radius 1 is 1.25 bits per heavy atom. The minimum atomic E-state index is -1.15. The number of ether oxygens (including phenoxy) is 1.